The Hall–Kier alpha value is -3.92. The van der Waals surface area contributed by atoms with Gasteiger partial charge in [0.05, 0.1) is 24.4 Å². The Kier molecular flexibility index (Phi) is 21.4. The zero-order chi connectivity index (χ0) is 53.3. The molecule has 7 rings (SSSR count). The Morgan fingerprint density at radius 2 is 1.62 bits per heavy atom. The lowest BCUT2D eigenvalue weighted by Crippen LogP contribution is -2.69. The molecule has 29 heteroatoms. The number of carbonyl (C=O) groups is 2. The lowest BCUT2D eigenvalue weighted by Gasteiger charge is -2.49. The Balaban J connectivity index is 0.000000242. The van der Waals surface area contributed by atoms with Crippen molar-refractivity contribution in [3.8, 4) is 5.75 Å². The molecule has 406 valence electrons. The average Bonchev–Trinajstić information content (AvgIpc) is 4.00. The van der Waals surface area contributed by atoms with Gasteiger partial charge in [0.2, 0.25) is 17.0 Å². The van der Waals surface area contributed by atoms with Crippen LogP contribution in [0.1, 0.15) is 56.2 Å². The third-order valence-electron chi connectivity index (χ3n) is 12.3. The molecule has 4 aliphatic rings. The summed E-state index contributed by atoms with van der Waals surface area (Å²) in [6.07, 6.45) is -19.6. The zero-order valence-electron chi connectivity index (χ0n) is 39.6. The van der Waals surface area contributed by atoms with Crippen LogP contribution in [0.3, 0.4) is 0 Å². The van der Waals surface area contributed by atoms with Crippen LogP contribution in [0.15, 0.2) is 52.8 Å². The molecule has 1 unspecified atom stereocenters. The third-order valence-corrected chi connectivity index (χ3v) is 13.7. The summed E-state index contributed by atoms with van der Waals surface area (Å²) in [5.74, 6) is 0.817. The number of thioether (sulfide) groups is 1. The van der Waals surface area contributed by atoms with Gasteiger partial charge in [-0.25, -0.2) is 4.68 Å². The minimum absolute atomic E-state index is 0.0101. The van der Waals surface area contributed by atoms with E-state index in [0.29, 0.717) is 33.2 Å². The van der Waals surface area contributed by atoms with Gasteiger partial charge in [-0.15, -0.1) is 10.2 Å². The number of rotatable bonds is 18. The van der Waals surface area contributed by atoms with E-state index in [-0.39, 0.29) is 44.5 Å². The maximum absolute atomic E-state index is 12.6. The molecule has 18 N–H and O–H groups in total. The zero-order valence-corrected chi connectivity index (χ0v) is 41.9. The van der Waals surface area contributed by atoms with Crippen molar-refractivity contribution in [2.45, 2.75) is 149 Å². The van der Waals surface area contributed by atoms with Crippen molar-refractivity contribution in [3.63, 3.8) is 0 Å². The van der Waals surface area contributed by atoms with E-state index in [1.807, 2.05) is 37.3 Å². The third kappa shape index (κ3) is 14.1. The van der Waals surface area contributed by atoms with Gasteiger partial charge >= 0.3 is 0 Å². The molecule has 0 bridgehead atoms. The van der Waals surface area contributed by atoms with Crippen molar-refractivity contribution in [3.05, 3.63) is 69.5 Å². The highest BCUT2D eigenvalue weighted by Gasteiger charge is 2.52. The van der Waals surface area contributed by atoms with E-state index < -0.39 is 110 Å². The molecule has 3 fully saturated rings. The van der Waals surface area contributed by atoms with Crippen molar-refractivity contribution in [2.75, 3.05) is 30.9 Å². The summed E-state index contributed by atoms with van der Waals surface area (Å²) in [6, 6.07) is 9.40. The van der Waals surface area contributed by atoms with E-state index >= 15 is 0 Å². The van der Waals surface area contributed by atoms with Crippen LogP contribution < -0.4 is 38.4 Å². The number of nitrogens with zero attached hydrogens (tertiary/aromatic N) is 4. The van der Waals surface area contributed by atoms with E-state index in [1.54, 1.807) is 16.8 Å². The number of halogens is 2. The van der Waals surface area contributed by atoms with Gasteiger partial charge in [0.1, 0.15) is 79.5 Å². The first kappa shape index (κ1) is 58.3. The first-order valence-corrected chi connectivity index (χ1v) is 25.0. The molecule has 26 nitrogen and oxygen atoms in total. The number of oxime groups is 1. The molecule has 17 atom stereocenters. The number of ether oxygens (including phenoxy) is 5. The predicted octanol–water partition coefficient (Wildman–Crippen LogP) is -3.19. The number of aliphatic hydroxyl groups is 8. The van der Waals surface area contributed by atoms with Gasteiger partial charge in [-0.1, -0.05) is 65.2 Å². The number of nitrogens with two attached hydrogens (primary N) is 4. The fraction of sp³-hybridized carbons (Fsp3) is 0.614. The number of hydrogen-bond donors (Lipinski definition) is 14. The molecule has 73 heavy (non-hydrogen) atoms. The smallest absolute Gasteiger partial charge is 0.249 e. The average molecular weight is 1090 g/mol. The Labute approximate surface area is 433 Å². The van der Waals surface area contributed by atoms with Gasteiger partial charge in [-0.2, -0.15) is 0 Å². The Morgan fingerprint density at radius 3 is 2.29 bits per heavy atom. The van der Waals surface area contributed by atoms with Gasteiger partial charge in [0, 0.05) is 47.1 Å². The van der Waals surface area contributed by atoms with Crippen molar-refractivity contribution in [1.29, 1.82) is 0 Å². The summed E-state index contributed by atoms with van der Waals surface area (Å²) >= 11 is 13.8. The van der Waals surface area contributed by atoms with E-state index in [1.165, 1.54) is 18.7 Å². The summed E-state index contributed by atoms with van der Waals surface area (Å²) in [7, 11) is 0. The lowest BCUT2D eigenvalue weighted by molar-refractivity contribution is -0.332. The molecule has 1 aromatic heterocycles. The van der Waals surface area contributed by atoms with E-state index in [4.69, 9.17) is 74.7 Å². The van der Waals surface area contributed by atoms with Crippen molar-refractivity contribution >= 4 is 52.5 Å². The standard InChI is InChI=1S/C22H21Cl2N5O3S.C22H43N5O13/c1-3-33-22-26-25-21(29(22)27-13(2)30)12-31-19-7-5-4-6-16(19)18-11-20(32-28-18)15-9-8-14(23)10-17(15)24;23-2-1-8(29)20(36)27-7-3-6(25)18(39-22-16(34)15(33)13(31)9(4-24)37-22)17(35)19(7)40-21-14(32)11(26)12(30)10(5-28)38-21/h4-10,20H,3,11-12H2,1-2H3,(H,27,30);6-19,21-22,28-35H,1-5,23-26H2,(H,27,36)/t;6-,7+,8-,9+,10+,11-,12+,13+,14+,15-,16+,17-,18+,19-,21+,22+/m.0/s1. The van der Waals surface area contributed by atoms with Crippen LogP contribution in [0.2, 0.25) is 10.0 Å². The number of aliphatic hydroxyl groups excluding tert-OH is 8. The summed E-state index contributed by atoms with van der Waals surface area (Å²) in [6.45, 7) is 2.64. The van der Waals surface area contributed by atoms with Crippen molar-refractivity contribution in [1.82, 2.24) is 20.2 Å². The number of aromatic nitrogens is 3. The van der Waals surface area contributed by atoms with Crippen LogP contribution in [-0.4, -0.2) is 197 Å². The first-order chi connectivity index (χ1) is 34.8. The Morgan fingerprint density at radius 1 is 0.918 bits per heavy atom. The molecule has 2 amide bonds. The fourth-order valence-electron chi connectivity index (χ4n) is 8.39. The summed E-state index contributed by atoms with van der Waals surface area (Å²) in [5, 5.41) is 99.1. The molecule has 0 radical (unpaired) electrons. The summed E-state index contributed by atoms with van der Waals surface area (Å²) in [4.78, 5) is 29.9. The number of carbonyl (C=O) groups excluding carboxylic acids is 2. The molecule has 4 heterocycles. The number of hydrogen-bond acceptors (Lipinski definition) is 24. The van der Waals surface area contributed by atoms with Crippen LogP contribution in [-0.2, 0) is 40.0 Å². The summed E-state index contributed by atoms with van der Waals surface area (Å²) < 4.78 is 30.1. The number of nitrogens with one attached hydrogen (secondary N) is 2. The monoisotopic (exact) mass is 1090 g/mol. The predicted molar refractivity (Wildman–Crippen MR) is 260 cm³/mol. The van der Waals surface area contributed by atoms with Crippen LogP contribution >= 0.6 is 35.0 Å². The molecule has 2 aromatic carbocycles. The molecular weight excluding hydrogens is 1030 g/mol. The van der Waals surface area contributed by atoms with E-state index in [2.05, 4.69) is 26.1 Å². The first-order valence-electron chi connectivity index (χ1n) is 23.3. The second kappa shape index (κ2) is 26.7. The van der Waals surface area contributed by atoms with Crippen molar-refractivity contribution in [2.24, 2.45) is 28.1 Å². The highest BCUT2D eigenvalue weighted by atomic mass is 35.5. The normalized spacial score (nSPS) is 32.6. The topological polar surface area (TPSA) is 423 Å². The van der Waals surface area contributed by atoms with Crippen LogP contribution in [0, 0.1) is 0 Å². The van der Waals surface area contributed by atoms with Gasteiger partial charge in [0.25, 0.3) is 0 Å². The minimum Gasteiger partial charge on any atom is -0.485 e. The van der Waals surface area contributed by atoms with Crippen LogP contribution in [0.4, 0.5) is 0 Å². The molecular formula is C44H64Cl2N10O16S. The van der Waals surface area contributed by atoms with E-state index in [9.17, 15) is 50.4 Å². The van der Waals surface area contributed by atoms with Crippen LogP contribution in [0.25, 0.3) is 0 Å². The van der Waals surface area contributed by atoms with E-state index in [0.717, 1.165) is 22.6 Å². The van der Waals surface area contributed by atoms with Crippen LogP contribution in [0.5, 0.6) is 5.75 Å². The maximum Gasteiger partial charge on any atom is 0.249 e. The molecule has 1 saturated carbocycles. The molecule has 0 spiro atoms. The van der Waals surface area contributed by atoms with Gasteiger partial charge in [-0.05, 0) is 49.4 Å². The number of benzene rings is 2. The quantitative estimate of drug-likeness (QED) is 0.0558. The molecule has 1 aliphatic carbocycles. The Bertz CT molecular complexity index is 2330. The number of para-hydroxylation sites is 1. The second-order valence-electron chi connectivity index (χ2n) is 17.5. The molecule has 3 aromatic rings. The highest BCUT2D eigenvalue weighted by Crippen LogP contribution is 2.37. The van der Waals surface area contributed by atoms with Gasteiger partial charge in [0.15, 0.2) is 24.5 Å². The second-order valence-corrected chi connectivity index (χ2v) is 19.5. The molecule has 2 saturated heterocycles. The largest absolute Gasteiger partial charge is 0.485 e. The maximum atomic E-state index is 12.6. The lowest BCUT2D eigenvalue weighted by atomic mass is 9.83. The van der Waals surface area contributed by atoms with Gasteiger partial charge < -0.3 is 97.6 Å². The van der Waals surface area contributed by atoms with Gasteiger partial charge in [-0.3, -0.25) is 15.0 Å². The molecule has 3 aliphatic heterocycles. The van der Waals surface area contributed by atoms with Crippen molar-refractivity contribution < 1.29 is 79.0 Å². The number of amides is 2. The summed E-state index contributed by atoms with van der Waals surface area (Å²) in [5.41, 5.74) is 28.2. The highest BCUT2D eigenvalue weighted by molar-refractivity contribution is 7.99. The SMILES string of the molecule is CCSc1nnc(COc2ccccc2C2=NOC(c3ccc(Cl)cc3Cl)C2)n1NC(C)=O.NCC[C@H](O)C(=O)N[C@@H]1C[C@H](N)[C@@H](O[C@H]2O[C@H](CN)[C@@H](O)[C@H](O)[C@H]2O)[C@H](O)[C@H]1O[C@H]1O[C@H](CO)[C@@H](O)[C@H](N)[C@H]1O. The minimum atomic E-state index is -1.76. The fourth-order valence-corrected chi connectivity index (χ4v) is 9.56.